The normalized spacial score (nSPS) is 18.0. The van der Waals surface area contributed by atoms with Gasteiger partial charge in [0.05, 0.1) is 13.2 Å². The molecule has 2 rings (SSSR count). The lowest BCUT2D eigenvalue weighted by Gasteiger charge is -2.21. The van der Waals surface area contributed by atoms with Crippen LogP contribution in [0.15, 0.2) is 18.2 Å². The van der Waals surface area contributed by atoms with Gasteiger partial charge in [-0.3, -0.25) is 0 Å². The maximum atomic E-state index is 13.9. The molecule has 1 aliphatic heterocycles. The maximum Gasteiger partial charge on any atom is 0.184 e. The summed E-state index contributed by atoms with van der Waals surface area (Å²) < 4.78 is 24.5. The molecule has 1 heterocycles. The van der Waals surface area contributed by atoms with Crippen molar-refractivity contribution in [3.63, 3.8) is 0 Å². The van der Waals surface area contributed by atoms with Gasteiger partial charge in [-0.1, -0.05) is 32.9 Å². The fourth-order valence-corrected chi connectivity index (χ4v) is 1.84. The van der Waals surface area contributed by atoms with Gasteiger partial charge in [-0.2, -0.15) is 0 Å². The van der Waals surface area contributed by atoms with Gasteiger partial charge in [-0.05, 0) is 17.0 Å². The lowest BCUT2D eigenvalue weighted by atomic mass is 9.86. The van der Waals surface area contributed by atoms with Crippen LogP contribution in [0.3, 0.4) is 0 Å². The van der Waals surface area contributed by atoms with Crippen LogP contribution in [0.25, 0.3) is 0 Å². The molecule has 0 aliphatic carbocycles. The summed E-state index contributed by atoms with van der Waals surface area (Å²) in [5, 5.41) is 0. The summed E-state index contributed by atoms with van der Waals surface area (Å²) in [5.41, 5.74) is 1.29. The van der Waals surface area contributed by atoms with Crippen LogP contribution in [0.1, 0.15) is 38.2 Å². The zero-order valence-electron chi connectivity index (χ0n) is 9.92. The van der Waals surface area contributed by atoms with E-state index in [1.165, 1.54) is 6.07 Å². The third kappa shape index (κ3) is 2.25. The van der Waals surface area contributed by atoms with Gasteiger partial charge in [0, 0.05) is 5.56 Å². The van der Waals surface area contributed by atoms with Crippen molar-refractivity contribution in [3.8, 4) is 0 Å². The van der Waals surface area contributed by atoms with Gasteiger partial charge in [0.2, 0.25) is 0 Å². The smallest absolute Gasteiger partial charge is 0.184 e. The Morgan fingerprint density at radius 2 is 1.81 bits per heavy atom. The minimum atomic E-state index is -0.400. The minimum Gasteiger partial charge on any atom is -0.346 e. The summed E-state index contributed by atoms with van der Waals surface area (Å²) in [4.78, 5) is 0. The topological polar surface area (TPSA) is 18.5 Å². The molecular formula is C13H17FO2. The first-order valence-electron chi connectivity index (χ1n) is 5.51. The van der Waals surface area contributed by atoms with E-state index in [9.17, 15) is 4.39 Å². The van der Waals surface area contributed by atoms with Crippen LogP contribution in [-0.4, -0.2) is 13.2 Å². The molecule has 0 unspecified atom stereocenters. The highest BCUT2D eigenvalue weighted by atomic mass is 19.1. The second-order valence-electron chi connectivity index (χ2n) is 5.06. The molecule has 0 radical (unpaired) electrons. The van der Waals surface area contributed by atoms with Gasteiger partial charge in [-0.25, -0.2) is 4.39 Å². The van der Waals surface area contributed by atoms with Crippen LogP contribution in [-0.2, 0) is 14.9 Å². The Bertz CT molecular complexity index is 376. The second kappa shape index (κ2) is 4.15. The largest absolute Gasteiger partial charge is 0.346 e. The molecule has 1 aromatic carbocycles. The fraction of sp³-hybridized carbons (Fsp3) is 0.538. The Labute approximate surface area is 95.4 Å². The van der Waals surface area contributed by atoms with Crippen molar-refractivity contribution < 1.29 is 13.9 Å². The first-order chi connectivity index (χ1) is 7.48. The fourth-order valence-electron chi connectivity index (χ4n) is 1.84. The molecule has 1 aliphatic rings. The van der Waals surface area contributed by atoms with E-state index < -0.39 is 6.29 Å². The average Bonchev–Trinajstić information content (AvgIpc) is 2.68. The lowest BCUT2D eigenvalue weighted by Crippen LogP contribution is -2.14. The Morgan fingerprint density at radius 1 is 1.19 bits per heavy atom. The quantitative estimate of drug-likeness (QED) is 0.729. The van der Waals surface area contributed by atoms with Crippen molar-refractivity contribution in [2.75, 3.05) is 13.2 Å². The molecule has 0 N–H and O–H groups in total. The first-order valence-corrected chi connectivity index (χ1v) is 5.51. The molecule has 0 saturated carbocycles. The molecule has 0 aromatic heterocycles. The van der Waals surface area contributed by atoms with Gasteiger partial charge in [0.25, 0.3) is 0 Å². The van der Waals surface area contributed by atoms with Crippen LogP contribution < -0.4 is 0 Å². The summed E-state index contributed by atoms with van der Waals surface area (Å²) in [6.45, 7) is 7.13. The van der Waals surface area contributed by atoms with E-state index in [0.717, 1.165) is 5.56 Å². The SMILES string of the molecule is CC(C)(C)c1ccc(C2OCCO2)cc1F. The Morgan fingerprint density at radius 3 is 2.31 bits per heavy atom. The van der Waals surface area contributed by atoms with E-state index in [1.807, 2.05) is 32.9 Å². The van der Waals surface area contributed by atoms with Crippen molar-refractivity contribution >= 4 is 0 Å². The average molecular weight is 224 g/mol. The van der Waals surface area contributed by atoms with Crippen LogP contribution in [0.2, 0.25) is 0 Å². The van der Waals surface area contributed by atoms with Crippen LogP contribution >= 0.6 is 0 Å². The van der Waals surface area contributed by atoms with E-state index in [2.05, 4.69) is 0 Å². The summed E-state index contributed by atoms with van der Waals surface area (Å²) >= 11 is 0. The summed E-state index contributed by atoms with van der Waals surface area (Å²) in [6, 6.07) is 5.20. The number of ether oxygens (including phenoxy) is 2. The van der Waals surface area contributed by atoms with Crippen molar-refractivity contribution in [3.05, 3.63) is 35.1 Å². The molecule has 0 spiro atoms. The third-order valence-electron chi connectivity index (χ3n) is 2.70. The monoisotopic (exact) mass is 224 g/mol. The number of hydrogen-bond donors (Lipinski definition) is 0. The molecule has 2 nitrogen and oxygen atoms in total. The highest BCUT2D eigenvalue weighted by Crippen LogP contribution is 2.29. The van der Waals surface area contributed by atoms with Gasteiger partial charge in [0.15, 0.2) is 6.29 Å². The third-order valence-corrected chi connectivity index (χ3v) is 2.70. The van der Waals surface area contributed by atoms with E-state index in [4.69, 9.17) is 9.47 Å². The van der Waals surface area contributed by atoms with Crippen LogP contribution in [0, 0.1) is 5.82 Å². The van der Waals surface area contributed by atoms with E-state index in [1.54, 1.807) is 0 Å². The van der Waals surface area contributed by atoms with E-state index >= 15 is 0 Å². The van der Waals surface area contributed by atoms with Gasteiger partial charge < -0.3 is 9.47 Å². The number of benzene rings is 1. The number of rotatable bonds is 1. The molecule has 88 valence electrons. The van der Waals surface area contributed by atoms with Crippen LogP contribution in [0.5, 0.6) is 0 Å². The molecule has 16 heavy (non-hydrogen) atoms. The molecule has 0 amide bonds. The highest BCUT2D eigenvalue weighted by molar-refractivity contribution is 5.30. The van der Waals surface area contributed by atoms with Crippen molar-refractivity contribution in [1.82, 2.24) is 0 Å². The van der Waals surface area contributed by atoms with Crippen molar-refractivity contribution in [2.45, 2.75) is 32.5 Å². The van der Waals surface area contributed by atoms with Crippen LogP contribution in [0.4, 0.5) is 4.39 Å². The second-order valence-corrected chi connectivity index (χ2v) is 5.06. The molecular weight excluding hydrogens is 207 g/mol. The molecule has 1 fully saturated rings. The van der Waals surface area contributed by atoms with Crippen molar-refractivity contribution in [1.29, 1.82) is 0 Å². The van der Waals surface area contributed by atoms with Gasteiger partial charge in [-0.15, -0.1) is 0 Å². The lowest BCUT2D eigenvalue weighted by molar-refractivity contribution is -0.0443. The molecule has 1 aromatic rings. The zero-order chi connectivity index (χ0) is 11.8. The van der Waals surface area contributed by atoms with Crippen molar-refractivity contribution in [2.24, 2.45) is 0 Å². The number of halogens is 1. The maximum absolute atomic E-state index is 13.9. The Kier molecular flexibility index (Phi) is 3.00. The highest BCUT2D eigenvalue weighted by Gasteiger charge is 2.22. The predicted octanol–water partition coefficient (Wildman–Crippen LogP) is 3.17. The first kappa shape index (κ1) is 11.6. The van der Waals surface area contributed by atoms with E-state index in [-0.39, 0.29) is 11.2 Å². The minimum absolute atomic E-state index is 0.181. The summed E-state index contributed by atoms with van der Waals surface area (Å²) in [5.74, 6) is -0.191. The molecule has 0 atom stereocenters. The van der Waals surface area contributed by atoms with Gasteiger partial charge >= 0.3 is 0 Å². The summed E-state index contributed by atoms with van der Waals surface area (Å²) in [7, 11) is 0. The standard InChI is InChI=1S/C13H17FO2/c1-13(2,3)10-5-4-9(8-11(10)14)12-15-6-7-16-12/h4-5,8,12H,6-7H2,1-3H3. The molecule has 0 bridgehead atoms. The summed E-state index contributed by atoms with van der Waals surface area (Å²) in [6.07, 6.45) is -0.400. The Balaban J connectivity index is 2.29. The Hall–Kier alpha value is -0.930. The van der Waals surface area contributed by atoms with E-state index in [0.29, 0.717) is 18.8 Å². The zero-order valence-corrected chi connectivity index (χ0v) is 9.92. The predicted molar refractivity (Wildman–Crippen MR) is 59.7 cm³/mol. The number of hydrogen-bond acceptors (Lipinski definition) is 2. The molecule has 1 saturated heterocycles. The molecule has 3 heteroatoms. The van der Waals surface area contributed by atoms with Gasteiger partial charge in [0.1, 0.15) is 5.82 Å².